The molecular weight excluding hydrogens is 224 g/mol. The van der Waals surface area contributed by atoms with Crippen LogP contribution in [0, 0.1) is 5.41 Å². The minimum absolute atomic E-state index is 0.0874. The smallest absolute Gasteiger partial charge is 0.314 e. The Balaban J connectivity index is 3.96. The van der Waals surface area contributed by atoms with Crippen molar-refractivity contribution >= 4 is 12.0 Å². The van der Waals surface area contributed by atoms with Crippen molar-refractivity contribution in [3.63, 3.8) is 0 Å². The van der Waals surface area contributed by atoms with Gasteiger partial charge in [0.15, 0.2) is 0 Å². The van der Waals surface area contributed by atoms with E-state index in [9.17, 15) is 14.7 Å². The maximum Gasteiger partial charge on any atom is 0.314 e. The maximum absolute atomic E-state index is 11.3. The summed E-state index contributed by atoms with van der Waals surface area (Å²) in [6, 6.07) is -0.427. The molecule has 0 aliphatic carbocycles. The zero-order valence-electron chi connectivity index (χ0n) is 10.8. The average molecular weight is 246 g/mol. The number of hydrogen-bond acceptors (Lipinski definition) is 3. The number of amides is 2. The molecule has 0 aliphatic heterocycles. The normalized spacial score (nSPS) is 12.1. The zero-order valence-corrected chi connectivity index (χ0v) is 10.8. The number of carboxylic acid groups (broad SMARTS) is 1. The Hall–Kier alpha value is -1.30. The lowest BCUT2D eigenvalue weighted by atomic mass is 9.77. The molecule has 0 radical (unpaired) electrons. The molecular formula is C11H22N2O4. The minimum atomic E-state index is -0.956. The quantitative estimate of drug-likeness (QED) is 0.550. The average Bonchev–Trinajstić information content (AvgIpc) is 2.12. The van der Waals surface area contributed by atoms with Crippen LogP contribution in [0.2, 0.25) is 0 Å². The van der Waals surface area contributed by atoms with E-state index in [1.54, 1.807) is 13.8 Å². The van der Waals surface area contributed by atoms with Crippen molar-refractivity contribution in [2.75, 3.05) is 13.1 Å². The van der Waals surface area contributed by atoms with Gasteiger partial charge in [-0.25, -0.2) is 4.79 Å². The number of nitrogens with one attached hydrogen (secondary N) is 2. The van der Waals surface area contributed by atoms with Crippen molar-refractivity contribution in [2.24, 2.45) is 5.41 Å². The standard InChI is InChI=1S/C11H22N2O4/c1-10(2,11(3,4)17)7-13-9(16)12-6-5-8(14)15/h17H,5-7H2,1-4H3,(H,14,15)(H2,12,13,16). The van der Waals surface area contributed by atoms with Gasteiger partial charge in [-0.05, 0) is 13.8 Å². The molecule has 4 N–H and O–H groups in total. The highest BCUT2D eigenvalue weighted by Gasteiger charge is 2.35. The lowest BCUT2D eigenvalue weighted by Gasteiger charge is -2.37. The van der Waals surface area contributed by atoms with E-state index in [0.717, 1.165) is 0 Å². The molecule has 0 aliphatic rings. The first-order valence-corrected chi connectivity index (χ1v) is 5.52. The van der Waals surface area contributed by atoms with E-state index in [0.29, 0.717) is 6.54 Å². The molecule has 0 atom stereocenters. The van der Waals surface area contributed by atoms with Gasteiger partial charge < -0.3 is 20.8 Å². The van der Waals surface area contributed by atoms with Crippen molar-refractivity contribution in [3.8, 4) is 0 Å². The van der Waals surface area contributed by atoms with Crippen LogP contribution < -0.4 is 10.6 Å². The molecule has 0 fully saturated rings. The number of rotatable bonds is 6. The van der Waals surface area contributed by atoms with Crippen LogP contribution in [0.3, 0.4) is 0 Å². The Morgan fingerprint density at radius 2 is 1.65 bits per heavy atom. The molecule has 0 spiro atoms. The predicted octanol–water partition coefficient (Wildman–Crippen LogP) is 0.557. The van der Waals surface area contributed by atoms with Gasteiger partial charge in [-0.2, -0.15) is 0 Å². The van der Waals surface area contributed by atoms with Crippen molar-refractivity contribution in [1.29, 1.82) is 0 Å². The largest absolute Gasteiger partial charge is 0.481 e. The van der Waals surface area contributed by atoms with Gasteiger partial charge in [-0.1, -0.05) is 13.8 Å². The zero-order chi connectivity index (χ0) is 13.7. The Morgan fingerprint density at radius 3 is 2.06 bits per heavy atom. The van der Waals surface area contributed by atoms with E-state index >= 15 is 0 Å². The van der Waals surface area contributed by atoms with Crippen molar-refractivity contribution in [3.05, 3.63) is 0 Å². The molecule has 0 aromatic rings. The molecule has 0 aromatic heterocycles. The summed E-state index contributed by atoms with van der Waals surface area (Å²) in [6.45, 7) is 7.42. The second-order valence-electron chi connectivity index (χ2n) is 5.20. The van der Waals surface area contributed by atoms with Gasteiger partial charge in [0, 0.05) is 18.5 Å². The first kappa shape index (κ1) is 15.7. The van der Waals surface area contributed by atoms with Crippen molar-refractivity contribution in [2.45, 2.75) is 39.7 Å². The molecule has 100 valence electrons. The number of aliphatic hydroxyl groups is 1. The number of carbonyl (C=O) groups excluding carboxylic acids is 1. The minimum Gasteiger partial charge on any atom is -0.481 e. The molecule has 6 heteroatoms. The van der Waals surface area contributed by atoms with Crippen LogP contribution in [0.5, 0.6) is 0 Å². The summed E-state index contributed by atoms with van der Waals surface area (Å²) in [4.78, 5) is 21.5. The van der Waals surface area contributed by atoms with Gasteiger partial charge >= 0.3 is 12.0 Å². The first-order chi connectivity index (χ1) is 7.56. The van der Waals surface area contributed by atoms with Gasteiger partial charge in [0.05, 0.1) is 12.0 Å². The van der Waals surface area contributed by atoms with Crippen LogP contribution in [0.1, 0.15) is 34.1 Å². The van der Waals surface area contributed by atoms with Crippen LogP contribution in [0.25, 0.3) is 0 Å². The summed E-state index contributed by atoms with van der Waals surface area (Å²) in [5.41, 5.74) is -1.39. The van der Waals surface area contributed by atoms with Gasteiger partial charge in [0.2, 0.25) is 0 Å². The summed E-state index contributed by atoms with van der Waals surface area (Å²) in [6.07, 6.45) is -0.109. The van der Waals surface area contributed by atoms with Gasteiger partial charge in [0.1, 0.15) is 0 Å². The number of carboxylic acids is 1. The van der Waals surface area contributed by atoms with Crippen molar-refractivity contribution in [1.82, 2.24) is 10.6 Å². The lowest BCUT2D eigenvalue weighted by molar-refractivity contribution is -0.136. The fourth-order valence-electron chi connectivity index (χ4n) is 0.863. The Morgan fingerprint density at radius 1 is 1.12 bits per heavy atom. The number of urea groups is 1. The van der Waals surface area contributed by atoms with E-state index in [-0.39, 0.29) is 13.0 Å². The van der Waals surface area contributed by atoms with Crippen LogP contribution >= 0.6 is 0 Å². The second kappa shape index (κ2) is 5.86. The molecule has 0 saturated carbocycles. The van der Waals surface area contributed by atoms with Crippen LogP contribution in [-0.4, -0.2) is 40.9 Å². The Kier molecular flexibility index (Phi) is 5.41. The summed E-state index contributed by atoms with van der Waals surface area (Å²) < 4.78 is 0. The SMILES string of the molecule is CC(C)(O)C(C)(C)CNC(=O)NCCC(=O)O. The number of aliphatic carboxylic acids is 1. The van der Waals surface area contributed by atoms with E-state index in [1.165, 1.54) is 0 Å². The molecule has 2 amide bonds. The topological polar surface area (TPSA) is 98.7 Å². The van der Waals surface area contributed by atoms with Gasteiger partial charge in [-0.15, -0.1) is 0 Å². The highest BCUT2D eigenvalue weighted by atomic mass is 16.4. The number of carbonyl (C=O) groups is 2. The lowest BCUT2D eigenvalue weighted by Crippen LogP contribution is -2.49. The molecule has 0 heterocycles. The predicted molar refractivity (Wildman–Crippen MR) is 63.7 cm³/mol. The van der Waals surface area contributed by atoms with E-state index in [1.807, 2.05) is 13.8 Å². The van der Waals surface area contributed by atoms with Gasteiger partial charge in [0.25, 0.3) is 0 Å². The van der Waals surface area contributed by atoms with Crippen molar-refractivity contribution < 1.29 is 19.8 Å². The third-order valence-corrected chi connectivity index (χ3v) is 2.97. The second-order valence-corrected chi connectivity index (χ2v) is 5.20. The van der Waals surface area contributed by atoms with E-state index in [4.69, 9.17) is 5.11 Å². The molecule has 0 bridgehead atoms. The third-order valence-electron chi connectivity index (χ3n) is 2.97. The Bertz CT molecular complexity index is 282. The molecule has 17 heavy (non-hydrogen) atoms. The van der Waals surface area contributed by atoms with Crippen LogP contribution in [-0.2, 0) is 4.79 Å². The van der Waals surface area contributed by atoms with Gasteiger partial charge in [-0.3, -0.25) is 4.79 Å². The van der Waals surface area contributed by atoms with Crippen LogP contribution in [0.4, 0.5) is 4.79 Å². The summed E-state index contributed by atoms with van der Waals surface area (Å²) in [5, 5.41) is 23.3. The van der Waals surface area contributed by atoms with E-state index < -0.39 is 23.0 Å². The Labute approximate surface area is 101 Å². The first-order valence-electron chi connectivity index (χ1n) is 5.52. The molecule has 0 aromatic carbocycles. The highest BCUT2D eigenvalue weighted by Crippen LogP contribution is 2.29. The van der Waals surface area contributed by atoms with E-state index in [2.05, 4.69) is 10.6 Å². The maximum atomic E-state index is 11.3. The molecule has 6 nitrogen and oxygen atoms in total. The summed E-state index contributed by atoms with van der Waals surface area (Å²) in [7, 11) is 0. The number of hydrogen-bond donors (Lipinski definition) is 4. The van der Waals surface area contributed by atoms with Crippen LogP contribution in [0.15, 0.2) is 0 Å². The fourth-order valence-corrected chi connectivity index (χ4v) is 0.863. The summed E-state index contributed by atoms with van der Waals surface area (Å²) in [5.74, 6) is -0.956. The molecule has 0 rings (SSSR count). The monoisotopic (exact) mass is 246 g/mol. The fraction of sp³-hybridized carbons (Fsp3) is 0.818. The highest BCUT2D eigenvalue weighted by molar-refractivity contribution is 5.75. The molecule has 0 unspecified atom stereocenters. The third kappa shape index (κ3) is 6.11. The molecule has 0 saturated heterocycles. The summed E-state index contributed by atoms with van der Waals surface area (Å²) >= 11 is 0.